The third-order valence-electron chi connectivity index (χ3n) is 4.03. The lowest BCUT2D eigenvalue weighted by Gasteiger charge is -2.39. The summed E-state index contributed by atoms with van der Waals surface area (Å²) in [5.74, 6) is 0.261. The summed E-state index contributed by atoms with van der Waals surface area (Å²) in [6.45, 7) is 0.783. The number of hydrogen-bond acceptors (Lipinski definition) is 3. The van der Waals surface area contributed by atoms with Gasteiger partial charge in [-0.15, -0.1) is 0 Å². The van der Waals surface area contributed by atoms with Crippen LogP contribution in [0, 0.1) is 0 Å². The number of ether oxygens (including phenoxy) is 1. The monoisotopic (exact) mass is 284 g/mol. The Morgan fingerprint density at radius 2 is 2.10 bits per heavy atom. The first-order chi connectivity index (χ1) is 9.63. The number of nitrogens with zero attached hydrogens (tertiary/aromatic N) is 1. The normalized spacial score (nSPS) is 21.9. The smallest absolute Gasteiger partial charge is 0.387 e. The van der Waals surface area contributed by atoms with Crippen LogP contribution in [-0.2, 0) is 0 Å². The molecule has 1 saturated heterocycles. The van der Waals surface area contributed by atoms with E-state index in [2.05, 4.69) is 9.64 Å². The van der Waals surface area contributed by atoms with Crippen LogP contribution in [0.25, 0.3) is 0 Å². The van der Waals surface area contributed by atoms with E-state index in [4.69, 9.17) is 5.73 Å². The predicted molar refractivity (Wildman–Crippen MR) is 74.9 cm³/mol. The minimum absolute atomic E-state index is 0.0267. The van der Waals surface area contributed by atoms with Crippen molar-refractivity contribution in [3.63, 3.8) is 0 Å². The number of likely N-dealkylation sites (tertiary alicyclic amines) is 1. The fourth-order valence-electron chi connectivity index (χ4n) is 2.99. The molecule has 2 atom stereocenters. The molecular weight excluding hydrogens is 262 g/mol. The summed E-state index contributed by atoms with van der Waals surface area (Å²) in [5, 5.41) is 0. The second kappa shape index (κ2) is 6.99. The Morgan fingerprint density at radius 1 is 1.35 bits per heavy atom. The van der Waals surface area contributed by atoms with E-state index in [0.717, 1.165) is 24.9 Å². The van der Waals surface area contributed by atoms with Crippen molar-refractivity contribution in [2.75, 3.05) is 13.1 Å². The van der Waals surface area contributed by atoms with Crippen LogP contribution < -0.4 is 10.5 Å². The molecule has 1 aromatic carbocycles. The number of benzene rings is 1. The molecule has 0 aromatic heterocycles. The van der Waals surface area contributed by atoms with Crippen LogP contribution in [0.4, 0.5) is 8.78 Å². The van der Waals surface area contributed by atoms with E-state index in [9.17, 15) is 8.78 Å². The molecule has 1 aliphatic heterocycles. The summed E-state index contributed by atoms with van der Waals surface area (Å²) in [7, 11) is 0. The minimum Gasteiger partial charge on any atom is -0.434 e. The molecule has 1 heterocycles. The van der Waals surface area contributed by atoms with Crippen LogP contribution in [0.15, 0.2) is 24.3 Å². The Labute approximate surface area is 118 Å². The molecule has 112 valence electrons. The summed E-state index contributed by atoms with van der Waals surface area (Å²) in [4.78, 5) is 2.30. The summed E-state index contributed by atoms with van der Waals surface area (Å²) >= 11 is 0. The summed E-state index contributed by atoms with van der Waals surface area (Å²) in [5.41, 5.74) is 6.63. The molecule has 0 radical (unpaired) electrons. The van der Waals surface area contributed by atoms with E-state index in [1.165, 1.54) is 6.42 Å². The molecule has 0 spiro atoms. The lowest BCUT2D eigenvalue weighted by molar-refractivity contribution is -0.0514. The van der Waals surface area contributed by atoms with Gasteiger partial charge < -0.3 is 10.5 Å². The quantitative estimate of drug-likeness (QED) is 0.902. The fraction of sp³-hybridized carbons (Fsp3) is 0.600. The summed E-state index contributed by atoms with van der Waals surface area (Å²) < 4.78 is 29.6. The number of rotatable bonds is 5. The van der Waals surface area contributed by atoms with Crippen LogP contribution >= 0.6 is 0 Å². The molecule has 5 heteroatoms. The average Bonchev–Trinajstić information content (AvgIpc) is 2.46. The second-order valence-electron chi connectivity index (χ2n) is 5.22. The van der Waals surface area contributed by atoms with E-state index >= 15 is 0 Å². The van der Waals surface area contributed by atoms with E-state index in [1.807, 2.05) is 19.1 Å². The maximum absolute atomic E-state index is 12.5. The molecule has 2 rings (SSSR count). The maximum atomic E-state index is 12.5. The van der Waals surface area contributed by atoms with Gasteiger partial charge >= 0.3 is 6.61 Å². The molecule has 0 amide bonds. The number of nitrogens with two attached hydrogens (primary N) is 1. The summed E-state index contributed by atoms with van der Waals surface area (Å²) in [6.07, 6.45) is 3.37. The third kappa shape index (κ3) is 3.46. The van der Waals surface area contributed by atoms with Gasteiger partial charge in [-0.1, -0.05) is 24.6 Å². The maximum Gasteiger partial charge on any atom is 0.387 e. The average molecular weight is 284 g/mol. The van der Waals surface area contributed by atoms with Gasteiger partial charge in [0.2, 0.25) is 0 Å². The van der Waals surface area contributed by atoms with Gasteiger partial charge in [0.15, 0.2) is 0 Å². The van der Waals surface area contributed by atoms with Crippen LogP contribution in [0.3, 0.4) is 0 Å². The van der Waals surface area contributed by atoms with Crippen molar-refractivity contribution in [2.45, 2.75) is 44.9 Å². The first-order valence-electron chi connectivity index (χ1n) is 7.13. The van der Waals surface area contributed by atoms with Gasteiger partial charge in [0.25, 0.3) is 0 Å². The zero-order chi connectivity index (χ0) is 14.5. The Morgan fingerprint density at radius 3 is 2.80 bits per heavy atom. The van der Waals surface area contributed by atoms with Gasteiger partial charge in [0, 0.05) is 24.2 Å². The molecule has 1 aromatic rings. The lowest BCUT2D eigenvalue weighted by Crippen LogP contribution is -2.45. The Bertz CT molecular complexity index is 428. The molecule has 0 saturated carbocycles. The van der Waals surface area contributed by atoms with Gasteiger partial charge in [-0.3, -0.25) is 4.90 Å². The van der Waals surface area contributed by atoms with Crippen molar-refractivity contribution >= 4 is 0 Å². The second-order valence-corrected chi connectivity index (χ2v) is 5.22. The van der Waals surface area contributed by atoms with Gasteiger partial charge in [-0.25, -0.2) is 0 Å². The van der Waals surface area contributed by atoms with Crippen molar-refractivity contribution in [3.8, 4) is 5.75 Å². The zero-order valence-electron chi connectivity index (χ0n) is 11.8. The first-order valence-corrected chi connectivity index (χ1v) is 7.13. The largest absolute Gasteiger partial charge is 0.434 e. The fourth-order valence-corrected chi connectivity index (χ4v) is 2.99. The van der Waals surface area contributed by atoms with Crippen LogP contribution in [0.2, 0.25) is 0 Å². The van der Waals surface area contributed by atoms with Crippen molar-refractivity contribution in [2.24, 2.45) is 5.73 Å². The number of para-hydroxylation sites is 1. The minimum atomic E-state index is -2.80. The van der Waals surface area contributed by atoms with Gasteiger partial charge in [-0.2, -0.15) is 8.78 Å². The van der Waals surface area contributed by atoms with Gasteiger partial charge in [-0.05, 0) is 32.4 Å². The highest BCUT2D eigenvalue weighted by Crippen LogP contribution is 2.33. The van der Waals surface area contributed by atoms with E-state index in [1.54, 1.807) is 12.1 Å². The zero-order valence-corrected chi connectivity index (χ0v) is 11.8. The van der Waals surface area contributed by atoms with E-state index in [0.29, 0.717) is 12.6 Å². The molecular formula is C15H22F2N2O. The van der Waals surface area contributed by atoms with Crippen LogP contribution in [0.1, 0.15) is 37.8 Å². The molecule has 2 unspecified atom stereocenters. The van der Waals surface area contributed by atoms with E-state index < -0.39 is 6.61 Å². The number of alkyl halides is 2. The lowest BCUT2D eigenvalue weighted by atomic mass is 9.96. The molecule has 2 N–H and O–H groups in total. The number of piperidine rings is 1. The highest BCUT2D eigenvalue weighted by atomic mass is 19.3. The number of hydrogen-bond donors (Lipinski definition) is 1. The third-order valence-corrected chi connectivity index (χ3v) is 4.03. The Kier molecular flexibility index (Phi) is 5.31. The Balaban J connectivity index is 2.21. The molecule has 1 fully saturated rings. The van der Waals surface area contributed by atoms with Crippen molar-refractivity contribution in [3.05, 3.63) is 29.8 Å². The molecule has 1 aliphatic rings. The predicted octanol–water partition coefficient (Wildman–Crippen LogP) is 3.16. The highest BCUT2D eigenvalue weighted by molar-refractivity contribution is 5.35. The SMILES string of the molecule is CC(c1ccccc1OC(F)F)N1CCCCC1CN. The van der Waals surface area contributed by atoms with Crippen LogP contribution in [-0.4, -0.2) is 30.6 Å². The standard InChI is InChI=1S/C15H22F2N2O/c1-11(19-9-5-4-6-12(19)10-18)13-7-2-3-8-14(13)20-15(16)17/h2-3,7-8,11-12,15H,4-6,9-10,18H2,1H3. The van der Waals surface area contributed by atoms with Crippen molar-refractivity contribution < 1.29 is 13.5 Å². The first kappa shape index (κ1) is 15.2. The molecule has 0 aliphatic carbocycles. The highest BCUT2D eigenvalue weighted by Gasteiger charge is 2.28. The molecule has 0 bridgehead atoms. The summed E-state index contributed by atoms with van der Waals surface area (Å²) in [6, 6.07) is 7.36. The van der Waals surface area contributed by atoms with Crippen molar-refractivity contribution in [1.29, 1.82) is 0 Å². The molecule has 3 nitrogen and oxygen atoms in total. The topological polar surface area (TPSA) is 38.5 Å². The van der Waals surface area contributed by atoms with Crippen molar-refractivity contribution in [1.82, 2.24) is 4.90 Å². The van der Waals surface area contributed by atoms with Gasteiger partial charge in [0.1, 0.15) is 5.75 Å². The number of halogens is 2. The van der Waals surface area contributed by atoms with Crippen LogP contribution in [0.5, 0.6) is 5.75 Å². The van der Waals surface area contributed by atoms with E-state index in [-0.39, 0.29) is 11.8 Å². The Hall–Kier alpha value is -1.20. The van der Waals surface area contributed by atoms with Gasteiger partial charge in [0.05, 0.1) is 0 Å². The molecule has 20 heavy (non-hydrogen) atoms.